The number of anilines is 1. The molecule has 0 atom stereocenters. The maximum absolute atomic E-state index is 10.9. The summed E-state index contributed by atoms with van der Waals surface area (Å²) < 4.78 is 0. The topological polar surface area (TPSA) is 114 Å². The van der Waals surface area contributed by atoms with Crippen molar-refractivity contribution in [3.8, 4) is 5.75 Å². The third-order valence-electron chi connectivity index (χ3n) is 3.01. The number of nitrogens with two attached hydrogens (primary N) is 1. The highest BCUT2D eigenvalue weighted by atomic mass is 32.1. The van der Waals surface area contributed by atoms with Crippen molar-refractivity contribution in [1.29, 1.82) is 0 Å². The fourth-order valence-corrected chi connectivity index (χ4v) is 2.03. The Balaban J connectivity index is 2.26. The highest BCUT2D eigenvalue weighted by Gasteiger charge is 2.12. The quantitative estimate of drug-likeness (QED) is 0.344. The number of benzene rings is 2. The predicted octanol–water partition coefficient (Wildman–Crippen LogP) is 3.01. The van der Waals surface area contributed by atoms with E-state index in [1.807, 2.05) is 0 Å². The molecular formula is C15H14N4O3S. The summed E-state index contributed by atoms with van der Waals surface area (Å²) in [5, 5.41) is 23.8. The van der Waals surface area contributed by atoms with Crippen LogP contribution in [0.2, 0.25) is 0 Å². The molecule has 0 fully saturated rings. The van der Waals surface area contributed by atoms with Crippen LogP contribution >= 0.6 is 12.2 Å². The fraction of sp³-hybridized carbons (Fsp3) is 0.0667. The molecule has 0 saturated carbocycles. The van der Waals surface area contributed by atoms with Crippen molar-refractivity contribution in [2.75, 3.05) is 5.32 Å². The van der Waals surface area contributed by atoms with Gasteiger partial charge in [-0.1, -0.05) is 0 Å². The van der Waals surface area contributed by atoms with Crippen molar-refractivity contribution in [1.82, 2.24) is 0 Å². The van der Waals surface area contributed by atoms with Crippen molar-refractivity contribution in [2.45, 2.75) is 6.92 Å². The van der Waals surface area contributed by atoms with E-state index < -0.39 is 4.92 Å². The SMILES string of the molecule is Cc1cc([N+](=O)[O-])cc(C=Nc2ccc(NC(N)=S)cc2)c1O. The Morgan fingerprint density at radius 2 is 2.04 bits per heavy atom. The number of nitro groups is 1. The number of nitrogens with one attached hydrogen (secondary N) is 1. The van der Waals surface area contributed by atoms with Gasteiger partial charge in [-0.2, -0.15) is 0 Å². The first kappa shape index (κ1) is 16.4. The Hall–Kier alpha value is -3.00. The number of phenolic OH excluding ortho intramolecular Hbond substituents is 1. The first-order chi connectivity index (χ1) is 10.9. The molecule has 0 aliphatic carbocycles. The van der Waals surface area contributed by atoms with E-state index in [-0.39, 0.29) is 22.1 Å². The molecule has 0 spiro atoms. The van der Waals surface area contributed by atoms with Crippen molar-refractivity contribution in [3.63, 3.8) is 0 Å². The number of aryl methyl sites for hydroxylation is 1. The van der Waals surface area contributed by atoms with E-state index in [2.05, 4.69) is 10.3 Å². The van der Waals surface area contributed by atoms with Crippen LogP contribution in [0.4, 0.5) is 17.1 Å². The van der Waals surface area contributed by atoms with Crippen LogP contribution in [0.5, 0.6) is 5.75 Å². The standard InChI is InChI=1S/C15H14N4O3S/c1-9-6-13(19(21)22)7-10(14(9)20)8-17-11-2-4-12(5-3-11)18-15(16)23/h2-8,20H,1H3,(H3,16,18,23). The second-order valence-electron chi connectivity index (χ2n) is 4.75. The number of aliphatic imine (C=N–C) groups is 1. The molecule has 0 aromatic heterocycles. The smallest absolute Gasteiger partial charge is 0.270 e. The fourth-order valence-electron chi connectivity index (χ4n) is 1.91. The Morgan fingerprint density at radius 1 is 1.39 bits per heavy atom. The lowest BCUT2D eigenvalue weighted by Crippen LogP contribution is -2.18. The van der Waals surface area contributed by atoms with E-state index in [4.69, 9.17) is 18.0 Å². The third-order valence-corrected chi connectivity index (χ3v) is 3.12. The Kier molecular flexibility index (Phi) is 4.87. The second-order valence-corrected chi connectivity index (χ2v) is 5.19. The number of hydrogen-bond acceptors (Lipinski definition) is 5. The molecule has 4 N–H and O–H groups in total. The highest BCUT2D eigenvalue weighted by molar-refractivity contribution is 7.80. The summed E-state index contributed by atoms with van der Waals surface area (Å²) in [5.74, 6) is -0.0360. The zero-order valence-electron chi connectivity index (χ0n) is 12.2. The van der Waals surface area contributed by atoms with E-state index >= 15 is 0 Å². The van der Waals surface area contributed by atoms with Crippen molar-refractivity contribution in [3.05, 3.63) is 57.6 Å². The summed E-state index contributed by atoms with van der Waals surface area (Å²) >= 11 is 4.74. The number of phenols is 1. The molecule has 0 aliphatic heterocycles. The lowest BCUT2D eigenvalue weighted by molar-refractivity contribution is -0.384. The summed E-state index contributed by atoms with van der Waals surface area (Å²) in [5.41, 5.74) is 7.31. The average Bonchev–Trinajstić information content (AvgIpc) is 2.49. The largest absolute Gasteiger partial charge is 0.507 e. The van der Waals surface area contributed by atoms with E-state index in [0.717, 1.165) is 5.69 Å². The molecule has 0 bridgehead atoms. The van der Waals surface area contributed by atoms with E-state index in [1.165, 1.54) is 18.3 Å². The maximum Gasteiger partial charge on any atom is 0.270 e. The van der Waals surface area contributed by atoms with E-state index in [0.29, 0.717) is 11.3 Å². The molecule has 7 nitrogen and oxygen atoms in total. The number of thiocarbonyl (C=S) groups is 1. The molecule has 118 valence electrons. The molecule has 23 heavy (non-hydrogen) atoms. The molecule has 0 aliphatic rings. The summed E-state index contributed by atoms with van der Waals surface area (Å²) in [6.07, 6.45) is 1.38. The van der Waals surface area contributed by atoms with Gasteiger partial charge in [0.2, 0.25) is 0 Å². The van der Waals surface area contributed by atoms with Gasteiger partial charge in [-0.05, 0) is 49.0 Å². The van der Waals surface area contributed by atoms with Crippen LogP contribution in [0.1, 0.15) is 11.1 Å². The van der Waals surface area contributed by atoms with Crippen LogP contribution < -0.4 is 11.1 Å². The number of aromatic hydroxyl groups is 1. The number of nitro benzene ring substituents is 1. The van der Waals surface area contributed by atoms with Gasteiger partial charge >= 0.3 is 0 Å². The van der Waals surface area contributed by atoms with Gasteiger partial charge in [-0.15, -0.1) is 0 Å². The van der Waals surface area contributed by atoms with Crippen molar-refractivity contribution in [2.24, 2.45) is 10.7 Å². The Bertz CT molecular complexity index is 788. The number of rotatable bonds is 4. The van der Waals surface area contributed by atoms with Gasteiger partial charge in [-0.25, -0.2) is 0 Å². The molecular weight excluding hydrogens is 316 g/mol. The van der Waals surface area contributed by atoms with Crippen LogP contribution in [-0.4, -0.2) is 21.4 Å². The monoisotopic (exact) mass is 330 g/mol. The van der Waals surface area contributed by atoms with Crippen LogP contribution in [0, 0.1) is 17.0 Å². The Labute approximate surface area is 137 Å². The lowest BCUT2D eigenvalue weighted by atomic mass is 10.1. The van der Waals surface area contributed by atoms with E-state index in [1.54, 1.807) is 31.2 Å². The molecule has 0 saturated heterocycles. The molecule has 0 radical (unpaired) electrons. The predicted molar refractivity (Wildman–Crippen MR) is 93.6 cm³/mol. The van der Waals surface area contributed by atoms with Crippen molar-refractivity contribution < 1.29 is 10.0 Å². The normalized spacial score (nSPS) is 10.7. The van der Waals surface area contributed by atoms with Gasteiger partial charge in [0.05, 0.1) is 10.6 Å². The average molecular weight is 330 g/mol. The molecule has 2 aromatic rings. The van der Waals surface area contributed by atoms with Gasteiger partial charge < -0.3 is 16.2 Å². The molecule has 0 amide bonds. The minimum Gasteiger partial charge on any atom is -0.507 e. The molecule has 0 heterocycles. The second kappa shape index (κ2) is 6.84. The summed E-state index contributed by atoms with van der Waals surface area (Å²) in [4.78, 5) is 14.6. The van der Waals surface area contributed by atoms with Crippen LogP contribution in [0.3, 0.4) is 0 Å². The van der Waals surface area contributed by atoms with E-state index in [9.17, 15) is 15.2 Å². The number of non-ortho nitro benzene ring substituents is 1. The molecule has 2 aromatic carbocycles. The first-order valence-corrected chi connectivity index (χ1v) is 6.96. The Morgan fingerprint density at radius 3 is 2.61 bits per heavy atom. The first-order valence-electron chi connectivity index (χ1n) is 6.55. The van der Waals surface area contributed by atoms with Gasteiger partial charge in [-0.3, -0.25) is 15.1 Å². The van der Waals surface area contributed by atoms with Gasteiger partial charge in [0.25, 0.3) is 5.69 Å². The summed E-state index contributed by atoms with van der Waals surface area (Å²) in [7, 11) is 0. The van der Waals surface area contributed by atoms with Gasteiger partial charge in [0.1, 0.15) is 5.75 Å². The lowest BCUT2D eigenvalue weighted by Gasteiger charge is -2.04. The van der Waals surface area contributed by atoms with Crippen LogP contribution in [0.15, 0.2) is 41.4 Å². The zero-order valence-corrected chi connectivity index (χ0v) is 13.0. The van der Waals surface area contributed by atoms with Crippen molar-refractivity contribution >= 4 is 40.6 Å². The van der Waals surface area contributed by atoms with Crippen LogP contribution in [0.25, 0.3) is 0 Å². The summed E-state index contributed by atoms with van der Waals surface area (Å²) in [6, 6.07) is 9.50. The molecule has 0 unspecified atom stereocenters. The minimum atomic E-state index is -0.514. The molecule has 2 rings (SSSR count). The molecule has 8 heteroatoms. The van der Waals surface area contributed by atoms with Gasteiger partial charge in [0, 0.05) is 29.6 Å². The maximum atomic E-state index is 10.9. The number of hydrogen-bond donors (Lipinski definition) is 3. The number of nitrogens with zero attached hydrogens (tertiary/aromatic N) is 2. The third kappa shape index (κ3) is 4.24. The van der Waals surface area contributed by atoms with Crippen LogP contribution in [-0.2, 0) is 0 Å². The van der Waals surface area contributed by atoms with Gasteiger partial charge in [0.15, 0.2) is 5.11 Å². The highest BCUT2D eigenvalue weighted by Crippen LogP contribution is 2.27. The summed E-state index contributed by atoms with van der Waals surface area (Å²) in [6.45, 7) is 1.59. The minimum absolute atomic E-state index is 0.0360. The zero-order chi connectivity index (χ0) is 17.0.